The molecule has 0 aliphatic carbocycles. The van der Waals surface area contributed by atoms with Crippen LogP contribution in [0.1, 0.15) is 33.6 Å². The fraction of sp³-hybridized carbons (Fsp3) is 0.733. The second-order valence-electron chi connectivity index (χ2n) is 5.86. The first-order valence-corrected chi connectivity index (χ1v) is 7.65. The predicted molar refractivity (Wildman–Crippen MR) is 82.2 cm³/mol. The van der Waals surface area contributed by atoms with Crippen LogP contribution in [-0.4, -0.2) is 35.2 Å². The summed E-state index contributed by atoms with van der Waals surface area (Å²) in [5, 5.41) is 3.49. The summed E-state index contributed by atoms with van der Waals surface area (Å²) in [5.41, 5.74) is 0.0347. The second kappa shape index (κ2) is 6.88. The third kappa shape index (κ3) is 3.60. The van der Waals surface area contributed by atoms with E-state index in [1.807, 2.05) is 6.92 Å². The van der Waals surface area contributed by atoms with Crippen LogP contribution in [0, 0.1) is 5.92 Å². The van der Waals surface area contributed by atoms with Crippen molar-refractivity contribution in [2.24, 2.45) is 5.92 Å². The number of hydrogen-bond donors (Lipinski definition) is 1. The molecule has 2 heterocycles. The van der Waals surface area contributed by atoms with Crippen molar-refractivity contribution in [2.75, 3.05) is 24.5 Å². The first-order valence-electron chi connectivity index (χ1n) is 7.65. The zero-order valence-corrected chi connectivity index (χ0v) is 12.8. The monoisotopic (exact) mass is 278 g/mol. The van der Waals surface area contributed by atoms with Gasteiger partial charge >= 0.3 is 0 Å². The van der Waals surface area contributed by atoms with E-state index in [1.54, 1.807) is 17.0 Å². The Morgan fingerprint density at radius 1 is 1.50 bits per heavy atom. The molecule has 1 unspecified atom stereocenters. The molecule has 0 aromatic carbocycles. The summed E-state index contributed by atoms with van der Waals surface area (Å²) in [6.45, 7) is 9.89. The van der Waals surface area contributed by atoms with E-state index in [2.05, 4.69) is 29.0 Å². The molecule has 1 aliphatic heterocycles. The summed E-state index contributed by atoms with van der Waals surface area (Å²) in [6, 6.07) is 0.512. The standard InChI is InChI=1S/C15H26N4O/c1-4-18-9-7-16-14(15(18)20)19-8-5-6-13(11-19)10-17-12(2)3/h7,9,12-13,17H,4-6,8,10-11H2,1-3H3. The van der Waals surface area contributed by atoms with Gasteiger partial charge in [0.2, 0.25) is 0 Å². The zero-order valence-electron chi connectivity index (χ0n) is 12.8. The first kappa shape index (κ1) is 15.0. The molecule has 0 radical (unpaired) electrons. The topological polar surface area (TPSA) is 50.2 Å². The number of rotatable bonds is 5. The largest absolute Gasteiger partial charge is 0.352 e. The molecule has 0 amide bonds. The van der Waals surface area contributed by atoms with Crippen LogP contribution in [0.25, 0.3) is 0 Å². The molecular weight excluding hydrogens is 252 g/mol. The van der Waals surface area contributed by atoms with E-state index in [0.717, 1.165) is 26.1 Å². The van der Waals surface area contributed by atoms with Crippen LogP contribution in [0.2, 0.25) is 0 Å². The average Bonchev–Trinajstić information content (AvgIpc) is 2.45. The quantitative estimate of drug-likeness (QED) is 0.886. The van der Waals surface area contributed by atoms with Crippen molar-refractivity contribution < 1.29 is 0 Å². The number of aromatic nitrogens is 2. The van der Waals surface area contributed by atoms with E-state index < -0.39 is 0 Å². The molecule has 1 aromatic rings. The number of piperidine rings is 1. The molecule has 1 N–H and O–H groups in total. The van der Waals surface area contributed by atoms with Crippen molar-refractivity contribution in [2.45, 2.75) is 46.2 Å². The maximum Gasteiger partial charge on any atom is 0.293 e. The van der Waals surface area contributed by atoms with Crippen molar-refractivity contribution >= 4 is 5.82 Å². The van der Waals surface area contributed by atoms with Gasteiger partial charge in [-0.1, -0.05) is 13.8 Å². The fourth-order valence-corrected chi connectivity index (χ4v) is 2.73. The molecular formula is C15H26N4O. The lowest BCUT2D eigenvalue weighted by Gasteiger charge is -2.33. The molecule has 1 atom stereocenters. The summed E-state index contributed by atoms with van der Waals surface area (Å²) in [6.07, 6.45) is 5.85. The average molecular weight is 278 g/mol. The molecule has 2 rings (SSSR count). The lowest BCUT2D eigenvalue weighted by atomic mass is 9.98. The lowest BCUT2D eigenvalue weighted by Crippen LogP contribution is -2.43. The van der Waals surface area contributed by atoms with Crippen LogP contribution in [0.4, 0.5) is 5.82 Å². The minimum Gasteiger partial charge on any atom is -0.352 e. The molecule has 5 nitrogen and oxygen atoms in total. The van der Waals surface area contributed by atoms with Gasteiger partial charge in [0.15, 0.2) is 5.82 Å². The van der Waals surface area contributed by atoms with Gasteiger partial charge in [-0.25, -0.2) is 4.98 Å². The SMILES string of the molecule is CCn1ccnc(N2CCCC(CNC(C)C)C2)c1=O. The predicted octanol–water partition coefficient (Wildman–Crippen LogP) is 1.48. The summed E-state index contributed by atoms with van der Waals surface area (Å²) in [7, 11) is 0. The zero-order chi connectivity index (χ0) is 14.5. The second-order valence-corrected chi connectivity index (χ2v) is 5.86. The minimum atomic E-state index is 0.0347. The van der Waals surface area contributed by atoms with Gasteiger partial charge in [0, 0.05) is 38.1 Å². The minimum absolute atomic E-state index is 0.0347. The maximum absolute atomic E-state index is 12.3. The Morgan fingerprint density at radius 3 is 3.00 bits per heavy atom. The molecule has 1 saturated heterocycles. The van der Waals surface area contributed by atoms with Gasteiger partial charge in [0.25, 0.3) is 5.56 Å². The number of aryl methyl sites for hydroxylation is 1. The van der Waals surface area contributed by atoms with Gasteiger partial charge < -0.3 is 14.8 Å². The molecule has 112 valence electrons. The number of nitrogens with zero attached hydrogens (tertiary/aromatic N) is 3. The Morgan fingerprint density at radius 2 is 2.30 bits per heavy atom. The van der Waals surface area contributed by atoms with Gasteiger partial charge in [-0.05, 0) is 32.2 Å². The van der Waals surface area contributed by atoms with Crippen molar-refractivity contribution in [3.63, 3.8) is 0 Å². The van der Waals surface area contributed by atoms with E-state index in [4.69, 9.17) is 0 Å². The lowest BCUT2D eigenvalue weighted by molar-refractivity contribution is 0.377. The Bertz CT molecular complexity index is 483. The number of anilines is 1. The van der Waals surface area contributed by atoms with Crippen molar-refractivity contribution in [3.8, 4) is 0 Å². The molecule has 1 fully saturated rings. The van der Waals surface area contributed by atoms with Gasteiger partial charge in [-0.15, -0.1) is 0 Å². The Labute approximate surface area is 121 Å². The van der Waals surface area contributed by atoms with E-state index in [9.17, 15) is 4.79 Å². The molecule has 0 bridgehead atoms. The fourth-order valence-electron chi connectivity index (χ4n) is 2.73. The third-order valence-corrected chi connectivity index (χ3v) is 3.87. The highest BCUT2D eigenvalue weighted by atomic mass is 16.1. The molecule has 0 saturated carbocycles. The highest BCUT2D eigenvalue weighted by Crippen LogP contribution is 2.19. The molecule has 0 spiro atoms. The highest BCUT2D eigenvalue weighted by molar-refractivity contribution is 5.36. The van der Waals surface area contributed by atoms with Gasteiger partial charge in [0.05, 0.1) is 0 Å². The van der Waals surface area contributed by atoms with E-state index in [-0.39, 0.29) is 5.56 Å². The third-order valence-electron chi connectivity index (χ3n) is 3.87. The Balaban J connectivity index is 2.07. The Kier molecular flexibility index (Phi) is 5.17. The van der Waals surface area contributed by atoms with Crippen molar-refractivity contribution in [3.05, 3.63) is 22.7 Å². The normalized spacial score (nSPS) is 19.6. The van der Waals surface area contributed by atoms with Crippen LogP contribution in [-0.2, 0) is 6.54 Å². The number of hydrogen-bond acceptors (Lipinski definition) is 4. The highest BCUT2D eigenvalue weighted by Gasteiger charge is 2.23. The summed E-state index contributed by atoms with van der Waals surface area (Å²) >= 11 is 0. The summed E-state index contributed by atoms with van der Waals surface area (Å²) in [4.78, 5) is 18.8. The molecule has 1 aliphatic rings. The van der Waals surface area contributed by atoms with Crippen LogP contribution in [0.3, 0.4) is 0 Å². The van der Waals surface area contributed by atoms with E-state index in [1.165, 1.54) is 6.42 Å². The van der Waals surface area contributed by atoms with E-state index in [0.29, 0.717) is 24.3 Å². The molecule has 5 heteroatoms. The molecule has 20 heavy (non-hydrogen) atoms. The smallest absolute Gasteiger partial charge is 0.293 e. The van der Waals surface area contributed by atoms with Crippen LogP contribution >= 0.6 is 0 Å². The van der Waals surface area contributed by atoms with E-state index >= 15 is 0 Å². The van der Waals surface area contributed by atoms with Gasteiger partial charge in [0.1, 0.15) is 0 Å². The Hall–Kier alpha value is -1.36. The van der Waals surface area contributed by atoms with Crippen LogP contribution in [0.15, 0.2) is 17.2 Å². The van der Waals surface area contributed by atoms with Crippen LogP contribution < -0.4 is 15.8 Å². The van der Waals surface area contributed by atoms with Gasteiger partial charge in [-0.2, -0.15) is 0 Å². The number of nitrogens with one attached hydrogen (secondary N) is 1. The maximum atomic E-state index is 12.3. The van der Waals surface area contributed by atoms with Crippen molar-refractivity contribution in [1.82, 2.24) is 14.9 Å². The van der Waals surface area contributed by atoms with Gasteiger partial charge in [-0.3, -0.25) is 4.79 Å². The molecule has 1 aromatic heterocycles. The van der Waals surface area contributed by atoms with Crippen molar-refractivity contribution in [1.29, 1.82) is 0 Å². The summed E-state index contributed by atoms with van der Waals surface area (Å²) < 4.78 is 1.72. The first-order chi connectivity index (χ1) is 9.61. The van der Waals surface area contributed by atoms with Crippen LogP contribution in [0.5, 0.6) is 0 Å². The summed E-state index contributed by atoms with van der Waals surface area (Å²) in [5.74, 6) is 1.21.